The molecule has 1 aliphatic heterocycles. The molecule has 1 N–H and O–H groups in total. The molecule has 34 heavy (non-hydrogen) atoms. The molecular formula is C24H14Br2F2N2O4. The largest absolute Gasteiger partial charge is 0.487 e. The van der Waals surface area contributed by atoms with Crippen molar-refractivity contribution in [1.29, 1.82) is 0 Å². The third-order valence-electron chi connectivity index (χ3n) is 4.80. The van der Waals surface area contributed by atoms with E-state index in [1.165, 1.54) is 30.3 Å². The third-order valence-corrected chi connectivity index (χ3v) is 5.84. The number of ether oxygens (including phenoxy) is 1. The van der Waals surface area contributed by atoms with Gasteiger partial charge in [0, 0.05) is 10.0 Å². The van der Waals surface area contributed by atoms with Gasteiger partial charge in [-0.25, -0.2) is 18.5 Å². The van der Waals surface area contributed by atoms with Gasteiger partial charge < -0.3 is 4.74 Å². The minimum atomic E-state index is -0.947. The van der Waals surface area contributed by atoms with Crippen molar-refractivity contribution in [3.8, 4) is 5.75 Å². The molecule has 0 radical (unpaired) electrons. The topological polar surface area (TPSA) is 75.7 Å². The normalized spacial score (nSPS) is 15.0. The van der Waals surface area contributed by atoms with Crippen molar-refractivity contribution in [2.24, 2.45) is 0 Å². The van der Waals surface area contributed by atoms with Gasteiger partial charge in [0.05, 0.1) is 10.2 Å². The Balaban J connectivity index is 1.71. The highest BCUT2D eigenvalue weighted by Crippen LogP contribution is 2.35. The van der Waals surface area contributed by atoms with E-state index in [4.69, 9.17) is 4.74 Å². The second kappa shape index (κ2) is 9.86. The van der Waals surface area contributed by atoms with Crippen LogP contribution < -0.4 is 15.0 Å². The van der Waals surface area contributed by atoms with Crippen LogP contribution in [-0.4, -0.2) is 17.8 Å². The first-order valence-corrected chi connectivity index (χ1v) is 11.3. The summed E-state index contributed by atoms with van der Waals surface area (Å²) >= 11 is 6.76. The van der Waals surface area contributed by atoms with Crippen LogP contribution in [0.3, 0.4) is 0 Å². The Morgan fingerprint density at radius 1 is 0.941 bits per heavy atom. The van der Waals surface area contributed by atoms with Crippen LogP contribution in [0.15, 0.2) is 75.2 Å². The van der Waals surface area contributed by atoms with Gasteiger partial charge in [-0.3, -0.25) is 14.9 Å². The van der Waals surface area contributed by atoms with Crippen molar-refractivity contribution >= 4 is 61.5 Å². The van der Waals surface area contributed by atoms with Crippen LogP contribution in [0.5, 0.6) is 5.75 Å². The molecule has 0 aromatic heterocycles. The van der Waals surface area contributed by atoms with Crippen LogP contribution in [-0.2, 0) is 16.2 Å². The summed E-state index contributed by atoms with van der Waals surface area (Å²) in [4.78, 5) is 38.7. The van der Waals surface area contributed by atoms with Gasteiger partial charge in [0.2, 0.25) is 0 Å². The summed E-state index contributed by atoms with van der Waals surface area (Å²) in [5, 5.41) is 2.12. The average molecular weight is 592 g/mol. The Hall–Kier alpha value is -3.37. The number of urea groups is 1. The molecular weight excluding hydrogens is 578 g/mol. The molecule has 0 spiro atoms. The third kappa shape index (κ3) is 5.07. The molecule has 0 saturated carbocycles. The molecule has 3 aromatic carbocycles. The maximum Gasteiger partial charge on any atom is 0.335 e. The lowest BCUT2D eigenvalue weighted by molar-refractivity contribution is -0.122. The van der Waals surface area contributed by atoms with Crippen molar-refractivity contribution in [3.05, 3.63) is 97.9 Å². The molecule has 0 bridgehead atoms. The lowest BCUT2D eigenvalue weighted by Crippen LogP contribution is -2.54. The molecule has 4 amide bonds. The summed E-state index contributed by atoms with van der Waals surface area (Å²) in [6, 6.07) is 13.0. The highest BCUT2D eigenvalue weighted by Gasteiger charge is 2.37. The number of carbonyl (C=O) groups is 3. The second-order valence-electron chi connectivity index (χ2n) is 7.16. The van der Waals surface area contributed by atoms with E-state index in [1.807, 2.05) is 0 Å². The van der Waals surface area contributed by atoms with Crippen molar-refractivity contribution in [3.63, 3.8) is 0 Å². The maximum atomic E-state index is 13.5. The number of amides is 4. The number of anilines is 1. The summed E-state index contributed by atoms with van der Waals surface area (Å²) < 4.78 is 33.8. The van der Waals surface area contributed by atoms with E-state index in [0.29, 0.717) is 25.8 Å². The van der Waals surface area contributed by atoms with Crippen molar-refractivity contribution in [2.45, 2.75) is 6.61 Å². The van der Waals surface area contributed by atoms with Crippen LogP contribution in [0, 0.1) is 11.6 Å². The van der Waals surface area contributed by atoms with Gasteiger partial charge in [0.15, 0.2) is 0 Å². The van der Waals surface area contributed by atoms with Crippen molar-refractivity contribution < 1.29 is 27.9 Å². The van der Waals surface area contributed by atoms with E-state index in [2.05, 4.69) is 37.2 Å². The molecule has 1 heterocycles. The summed E-state index contributed by atoms with van der Waals surface area (Å²) in [7, 11) is 0. The number of benzene rings is 3. The number of rotatable bonds is 5. The number of barbiturate groups is 1. The van der Waals surface area contributed by atoms with Crippen molar-refractivity contribution in [2.75, 3.05) is 4.90 Å². The molecule has 10 heteroatoms. The number of hydrogen-bond acceptors (Lipinski definition) is 4. The van der Waals surface area contributed by atoms with Crippen LogP contribution in [0.25, 0.3) is 6.08 Å². The van der Waals surface area contributed by atoms with Gasteiger partial charge in [-0.2, -0.15) is 0 Å². The van der Waals surface area contributed by atoms with Crippen LogP contribution in [0.2, 0.25) is 0 Å². The zero-order chi connectivity index (χ0) is 24.4. The molecule has 3 aromatic rings. The quantitative estimate of drug-likeness (QED) is 0.303. The molecule has 4 rings (SSSR count). The fourth-order valence-corrected chi connectivity index (χ4v) is 4.63. The highest BCUT2D eigenvalue weighted by atomic mass is 79.9. The van der Waals surface area contributed by atoms with Crippen LogP contribution in [0.4, 0.5) is 19.3 Å². The summed E-state index contributed by atoms with van der Waals surface area (Å²) in [6.07, 6.45) is 1.29. The Morgan fingerprint density at radius 2 is 1.68 bits per heavy atom. The average Bonchev–Trinajstić information content (AvgIpc) is 2.77. The van der Waals surface area contributed by atoms with Crippen LogP contribution in [0.1, 0.15) is 11.1 Å². The van der Waals surface area contributed by atoms with Crippen LogP contribution >= 0.6 is 31.9 Å². The van der Waals surface area contributed by atoms with Gasteiger partial charge in [0.25, 0.3) is 11.8 Å². The van der Waals surface area contributed by atoms with E-state index in [0.717, 1.165) is 17.0 Å². The van der Waals surface area contributed by atoms with Gasteiger partial charge in [0.1, 0.15) is 29.6 Å². The Labute approximate surface area is 209 Å². The zero-order valence-electron chi connectivity index (χ0n) is 17.2. The standard InChI is InChI=1S/C24H14Br2F2N2O4/c25-15-9-14(21(20(26)11-15)34-12-13-2-1-3-17(28)8-13)10-19-22(31)29-24(33)30(23(19)32)18-6-4-16(27)5-7-18/h1-11H,12H2,(H,29,31,33)/b19-10+. The Morgan fingerprint density at radius 3 is 2.38 bits per heavy atom. The summed E-state index contributed by atoms with van der Waals surface area (Å²) in [5.74, 6) is -2.42. The lowest BCUT2D eigenvalue weighted by atomic mass is 10.1. The predicted octanol–water partition coefficient (Wildman–Crippen LogP) is 5.74. The number of nitrogens with one attached hydrogen (secondary N) is 1. The predicted molar refractivity (Wildman–Crippen MR) is 128 cm³/mol. The summed E-state index contributed by atoms with van der Waals surface area (Å²) in [6.45, 7) is 0.0223. The molecule has 6 nitrogen and oxygen atoms in total. The number of halogens is 4. The fraction of sp³-hybridized carbons (Fsp3) is 0.0417. The molecule has 0 atom stereocenters. The molecule has 0 unspecified atom stereocenters. The number of hydrogen-bond donors (Lipinski definition) is 1. The summed E-state index contributed by atoms with van der Waals surface area (Å²) in [5.41, 5.74) is 0.697. The minimum absolute atomic E-state index is 0.0223. The number of imide groups is 2. The van der Waals surface area contributed by atoms with Gasteiger partial charge in [-0.1, -0.05) is 28.1 Å². The maximum absolute atomic E-state index is 13.5. The SMILES string of the molecule is O=C1NC(=O)N(c2ccc(F)cc2)C(=O)/C1=C/c1cc(Br)cc(Br)c1OCc1cccc(F)c1. The fourth-order valence-electron chi connectivity index (χ4n) is 3.26. The Bertz CT molecular complexity index is 1340. The molecule has 172 valence electrons. The highest BCUT2D eigenvalue weighted by molar-refractivity contribution is 9.11. The van der Waals surface area contributed by atoms with Crippen molar-refractivity contribution in [1.82, 2.24) is 5.32 Å². The lowest BCUT2D eigenvalue weighted by Gasteiger charge is -2.26. The van der Waals surface area contributed by atoms with E-state index in [9.17, 15) is 23.2 Å². The molecule has 0 aliphatic carbocycles. The monoisotopic (exact) mass is 590 g/mol. The molecule has 1 aliphatic rings. The number of nitrogens with zero attached hydrogens (tertiary/aromatic N) is 1. The van der Waals surface area contributed by atoms with E-state index in [1.54, 1.807) is 24.3 Å². The minimum Gasteiger partial charge on any atom is -0.487 e. The van der Waals surface area contributed by atoms with E-state index in [-0.39, 0.29) is 17.9 Å². The first-order valence-electron chi connectivity index (χ1n) is 9.76. The smallest absolute Gasteiger partial charge is 0.335 e. The zero-order valence-corrected chi connectivity index (χ0v) is 20.3. The van der Waals surface area contributed by atoms with E-state index >= 15 is 0 Å². The van der Waals surface area contributed by atoms with Gasteiger partial charge >= 0.3 is 6.03 Å². The molecule has 1 saturated heterocycles. The first-order chi connectivity index (χ1) is 16.2. The number of carbonyl (C=O) groups excluding carboxylic acids is 3. The second-order valence-corrected chi connectivity index (χ2v) is 8.93. The van der Waals surface area contributed by atoms with Gasteiger partial charge in [-0.05, 0) is 76.1 Å². The molecule has 1 fully saturated rings. The van der Waals surface area contributed by atoms with Gasteiger partial charge in [-0.15, -0.1) is 0 Å². The van der Waals surface area contributed by atoms with E-state index < -0.39 is 29.5 Å². The Kier molecular flexibility index (Phi) is 6.90. The first kappa shape index (κ1) is 23.8.